The molecule has 0 atom stereocenters. The van der Waals surface area contributed by atoms with Crippen LogP contribution in [0.25, 0.3) is 11.2 Å². The highest BCUT2D eigenvalue weighted by Gasteiger charge is 2.31. The lowest BCUT2D eigenvalue weighted by molar-refractivity contribution is 0.0762. The number of fused-ring (bicyclic) bond motifs is 2. The summed E-state index contributed by atoms with van der Waals surface area (Å²) in [7, 11) is 0. The maximum Gasteiger partial charge on any atom is 0.255 e. The molecule has 4 aromatic heterocycles. The van der Waals surface area contributed by atoms with Crippen LogP contribution in [0, 0.1) is 0 Å². The van der Waals surface area contributed by atoms with Crippen LogP contribution < -0.4 is 0 Å². The van der Waals surface area contributed by atoms with Gasteiger partial charge in [0.05, 0.1) is 29.8 Å². The van der Waals surface area contributed by atoms with Crippen LogP contribution in [-0.2, 0) is 19.4 Å². The zero-order chi connectivity index (χ0) is 20.8. The lowest BCUT2D eigenvalue weighted by atomic mass is 10.1. The first-order valence-electron chi connectivity index (χ1n) is 10.8. The smallest absolute Gasteiger partial charge is 0.255 e. The van der Waals surface area contributed by atoms with Crippen molar-refractivity contribution in [2.45, 2.75) is 38.1 Å². The van der Waals surface area contributed by atoms with E-state index in [2.05, 4.69) is 25.1 Å². The van der Waals surface area contributed by atoms with Crippen LogP contribution in [0.15, 0.2) is 43.0 Å². The fraction of sp³-hybridized carbons (Fsp3) is 0.348. The molecule has 1 N–H and O–H groups in total. The molecule has 8 heteroatoms. The van der Waals surface area contributed by atoms with Gasteiger partial charge < -0.3 is 9.47 Å². The number of nitrogens with one attached hydrogen (secondary N) is 1. The number of amides is 1. The second-order valence-corrected chi connectivity index (χ2v) is 8.39. The van der Waals surface area contributed by atoms with Crippen LogP contribution >= 0.6 is 0 Å². The number of carbonyl (C=O) groups excluding carboxylic acids is 1. The summed E-state index contributed by atoms with van der Waals surface area (Å²) in [4.78, 5) is 28.5. The van der Waals surface area contributed by atoms with Gasteiger partial charge in [-0.15, -0.1) is 0 Å². The molecule has 0 spiro atoms. The summed E-state index contributed by atoms with van der Waals surface area (Å²) in [5.41, 5.74) is 6.76. The first-order chi connectivity index (χ1) is 15.3. The maximum atomic E-state index is 13.2. The second-order valence-electron chi connectivity index (χ2n) is 8.39. The molecule has 1 aliphatic carbocycles. The van der Waals surface area contributed by atoms with Crippen molar-refractivity contribution in [3.63, 3.8) is 0 Å². The summed E-state index contributed by atoms with van der Waals surface area (Å²) < 4.78 is 1.96. The Labute approximate surface area is 179 Å². The molecule has 0 unspecified atom stereocenters. The van der Waals surface area contributed by atoms with Crippen molar-refractivity contribution in [2.24, 2.45) is 0 Å². The molecule has 2 aliphatic rings. The number of aromatic amines is 1. The highest BCUT2D eigenvalue weighted by atomic mass is 16.2. The molecule has 31 heavy (non-hydrogen) atoms. The molecule has 1 aliphatic heterocycles. The second kappa shape index (κ2) is 7.30. The fourth-order valence-corrected chi connectivity index (χ4v) is 4.44. The molecule has 8 nitrogen and oxygen atoms in total. The van der Waals surface area contributed by atoms with Crippen molar-refractivity contribution in [3.05, 3.63) is 71.2 Å². The molecule has 0 saturated heterocycles. The number of pyridine rings is 2. The standard InChI is InChI=1S/C23H23N7O/c31-23(29-9-6-18-19(7-10-29)27-28-21(18)15-4-5-15)16-11-20-22(25-12-16)30(14-26-20)13-17-3-1-2-8-24-17/h1-3,8,11-12,14-15H,4-7,9-10,13H2,(H,27,28). The molecule has 1 fully saturated rings. The van der Waals surface area contributed by atoms with E-state index in [4.69, 9.17) is 0 Å². The summed E-state index contributed by atoms with van der Waals surface area (Å²) in [6, 6.07) is 7.68. The Balaban J connectivity index is 1.21. The van der Waals surface area contributed by atoms with Crippen molar-refractivity contribution < 1.29 is 4.79 Å². The van der Waals surface area contributed by atoms with E-state index in [0.29, 0.717) is 31.1 Å². The quantitative estimate of drug-likeness (QED) is 0.555. The van der Waals surface area contributed by atoms with Crippen molar-refractivity contribution in [1.82, 2.24) is 34.6 Å². The van der Waals surface area contributed by atoms with Gasteiger partial charge >= 0.3 is 0 Å². The van der Waals surface area contributed by atoms with Crippen molar-refractivity contribution in [2.75, 3.05) is 13.1 Å². The highest BCUT2D eigenvalue weighted by Crippen LogP contribution is 2.41. The summed E-state index contributed by atoms with van der Waals surface area (Å²) in [6.45, 7) is 1.99. The minimum absolute atomic E-state index is 0.0137. The van der Waals surface area contributed by atoms with Gasteiger partial charge in [-0.25, -0.2) is 9.97 Å². The Morgan fingerprint density at radius 1 is 1.13 bits per heavy atom. The molecule has 0 bridgehead atoms. The normalized spacial score (nSPS) is 16.3. The minimum Gasteiger partial charge on any atom is -0.338 e. The number of hydrogen-bond donors (Lipinski definition) is 1. The summed E-state index contributed by atoms with van der Waals surface area (Å²) in [5.74, 6) is 0.634. The van der Waals surface area contributed by atoms with E-state index in [-0.39, 0.29) is 5.91 Å². The van der Waals surface area contributed by atoms with E-state index in [1.807, 2.05) is 33.7 Å². The molecular weight excluding hydrogens is 390 g/mol. The summed E-state index contributed by atoms with van der Waals surface area (Å²) >= 11 is 0. The van der Waals surface area contributed by atoms with E-state index in [1.54, 1.807) is 18.7 Å². The van der Waals surface area contributed by atoms with Crippen LogP contribution in [0.3, 0.4) is 0 Å². The lowest BCUT2D eigenvalue weighted by Gasteiger charge is -2.20. The van der Waals surface area contributed by atoms with Gasteiger partial charge in [0, 0.05) is 43.5 Å². The average molecular weight is 413 g/mol. The molecular formula is C23H23N7O. The molecule has 6 rings (SSSR count). The van der Waals surface area contributed by atoms with Gasteiger partial charge in [0.1, 0.15) is 5.52 Å². The predicted octanol–water partition coefficient (Wildman–Crippen LogP) is 2.72. The van der Waals surface area contributed by atoms with Crippen LogP contribution in [0.1, 0.15) is 51.8 Å². The topological polar surface area (TPSA) is 92.6 Å². The van der Waals surface area contributed by atoms with Crippen LogP contribution in [0.2, 0.25) is 0 Å². The molecule has 1 amide bonds. The van der Waals surface area contributed by atoms with Crippen LogP contribution in [0.4, 0.5) is 0 Å². The summed E-state index contributed by atoms with van der Waals surface area (Å²) in [5, 5.41) is 7.76. The molecule has 1 saturated carbocycles. The van der Waals surface area contributed by atoms with E-state index in [9.17, 15) is 4.79 Å². The van der Waals surface area contributed by atoms with E-state index in [1.165, 1.54) is 29.8 Å². The number of nitrogens with zero attached hydrogens (tertiary/aromatic N) is 6. The molecule has 4 aromatic rings. The Morgan fingerprint density at radius 3 is 2.87 bits per heavy atom. The first kappa shape index (κ1) is 18.2. The van der Waals surface area contributed by atoms with Crippen molar-refractivity contribution in [3.8, 4) is 0 Å². The van der Waals surface area contributed by atoms with E-state index >= 15 is 0 Å². The molecule has 0 radical (unpaired) electrons. The largest absolute Gasteiger partial charge is 0.338 e. The highest BCUT2D eigenvalue weighted by molar-refractivity contribution is 5.96. The zero-order valence-corrected chi connectivity index (χ0v) is 17.2. The predicted molar refractivity (Wildman–Crippen MR) is 115 cm³/mol. The van der Waals surface area contributed by atoms with Gasteiger partial charge in [-0.2, -0.15) is 5.10 Å². The third-order valence-electron chi connectivity index (χ3n) is 6.26. The maximum absolute atomic E-state index is 13.2. The Kier molecular flexibility index (Phi) is 4.29. The summed E-state index contributed by atoms with van der Waals surface area (Å²) in [6.07, 6.45) is 9.34. The number of imidazole rings is 1. The van der Waals surface area contributed by atoms with Crippen LogP contribution in [0.5, 0.6) is 0 Å². The SMILES string of the molecule is O=C(c1cnc2c(c1)ncn2Cc1ccccn1)N1CCc2[nH]nc(C3CC3)c2CC1. The number of H-pyrrole nitrogens is 1. The zero-order valence-electron chi connectivity index (χ0n) is 17.2. The number of hydrogen-bond acceptors (Lipinski definition) is 5. The first-order valence-corrected chi connectivity index (χ1v) is 10.8. The van der Waals surface area contributed by atoms with Crippen LogP contribution in [-0.4, -0.2) is 53.6 Å². The third-order valence-corrected chi connectivity index (χ3v) is 6.26. The van der Waals surface area contributed by atoms with Gasteiger partial charge in [0.25, 0.3) is 5.91 Å². The minimum atomic E-state index is 0.0137. The monoisotopic (exact) mass is 413 g/mol. The third kappa shape index (κ3) is 3.37. The van der Waals surface area contributed by atoms with Gasteiger partial charge in [0.15, 0.2) is 5.65 Å². The van der Waals surface area contributed by atoms with Gasteiger partial charge in [-0.3, -0.25) is 14.9 Å². The molecule has 0 aromatic carbocycles. The number of carbonyl (C=O) groups is 1. The van der Waals surface area contributed by atoms with E-state index < -0.39 is 0 Å². The van der Waals surface area contributed by atoms with Gasteiger partial charge in [-0.1, -0.05) is 6.07 Å². The Bertz CT molecular complexity index is 1260. The number of aromatic nitrogens is 6. The van der Waals surface area contributed by atoms with Gasteiger partial charge in [-0.05, 0) is 43.0 Å². The number of rotatable bonds is 4. The molecule has 5 heterocycles. The van der Waals surface area contributed by atoms with E-state index in [0.717, 1.165) is 29.7 Å². The Hall–Kier alpha value is -3.55. The van der Waals surface area contributed by atoms with Gasteiger partial charge in [0.2, 0.25) is 0 Å². The van der Waals surface area contributed by atoms with Crippen molar-refractivity contribution >= 4 is 17.1 Å². The van der Waals surface area contributed by atoms with Crippen molar-refractivity contribution in [1.29, 1.82) is 0 Å². The average Bonchev–Trinajstić information content (AvgIpc) is 3.52. The lowest BCUT2D eigenvalue weighted by Crippen LogP contribution is -2.33. The molecule has 156 valence electrons. The Morgan fingerprint density at radius 2 is 2.03 bits per heavy atom. The fourth-order valence-electron chi connectivity index (χ4n) is 4.44.